The van der Waals surface area contributed by atoms with E-state index in [1.165, 1.54) is 4.57 Å². The second-order valence-electron chi connectivity index (χ2n) is 5.71. The Balaban J connectivity index is 2.01. The lowest BCUT2D eigenvalue weighted by atomic mass is 10.2. The number of hydrogen-bond acceptors (Lipinski definition) is 3. The van der Waals surface area contributed by atoms with Crippen LogP contribution in [-0.2, 0) is 14.1 Å². The van der Waals surface area contributed by atoms with Crippen molar-refractivity contribution < 1.29 is 4.79 Å². The summed E-state index contributed by atoms with van der Waals surface area (Å²) in [7, 11) is 5.62. The van der Waals surface area contributed by atoms with Crippen LogP contribution in [0.5, 0.6) is 0 Å². The Morgan fingerprint density at radius 1 is 1.10 bits per heavy atom. The molecule has 2 aromatic heterocycles. The number of amides is 1. The van der Waals surface area contributed by atoms with Crippen LogP contribution in [0.15, 0.2) is 23.1 Å². The van der Waals surface area contributed by atoms with Crippen LogP contribution < -0.4 is 5.56 Å². The molecule has 2 aromatic rings. The first-order chi connectivity index (χ1) is 9.99. The zero-order valence-electron chi connectivity index (χ0n) is 12.7. The molecule has 21 heavy (non-hydrogen) atoms. The van der Waals surface area contributed by atoms with Crippen molar-refractivity contribution in [3.63, 3.8) is 0 Å². The van der Waals surface area contributed by atoms with Gasteiger partial charge in [-0.1, -0.05) is 0 Å². The highest BCUT2D eigenvalue weighted by Gasteiger charge is 2.23. The van der Waals surface area contributed by atoms with Crippen molar-refractivity contribution in [3.05, 3.63) is 34.4 Å². The minimum absolute atomic E-state index is 0.00357. The van der Waals surface area contributed by atoms with Crippen LogP contribution in [-0.4, -0.2) is 58.1 Å². The molecule has 6 nitrogen and oxygen atoms in total. The molecule has 0 atom stereocenters. The molecule has 0 saturated carbocycles. The number of aryl methyl sites for hydroxylation is 2. The number of fused-ring (bicyclic) bond motifs is 1. The average molecular weight is 288 g/mol. The van der Waals surface area contributed by atoms with E-state index in [0.29, 0.717) is 11.1 Å². The first-order valence-corrected chi connectivity index (χ1v) is 7.12. The van der Waals surface area contributed by atoms with Gasteiger partial charge in [0, 0.05) is 46.5 Å². The lowest BCUT2D eigenvalue weighted by Crippen LogP contribution is -2.47. The molecule has 1 amide bonds. The maximum absolute atomic E-state index is 12.7. The van der Waals surface area contributed by atoms with Crippen LogP contribution in [0.3, 0.4) is 0 Å². The predicted octanol–water partition coefficient (Wildman–Crippen LogP) is 0.265. The maximum Gasteiger partial charge on any atom is 0.270 e. The van der Waals surface area contributed by atoms with Crippen molar-refractivity contribution in [1.82, 2.24) is 18.9 Å². The molecule has 0 aliphatic carbocycles. The molecular weight excluding hydrogens is 268 g/mol. The molecule has 0 bridgehead atoms. The van der Waals surface area contributed by atoms with Crippen molar-refractivity contribution in [1.29, 1.82) is 0 Å². The second-order valence-corrected chi connectivity index (χ2v) is 5.71. The minimum Gasteiger partial charge on any atom is -0.339 e. The molecule has 3 rings (SSSR count). The molecule has 0 unspecified atom stereocenters. The first-order valence-electron chi connectivity index (χ1n) is 7.12. The summed E-state index contributed by atoms with van der Waals surface area (Å²) >= 11 is 0. The standard InChI is InChI=1S/C15H20N4O2/c1-16-6-8-19(9-7-16)15(21)13-10-11-12(18(13)3)4-5-17(2)14(11)20/h4-5,10H,6-9H2,1-3H3. The number of piperazine rings is 1. The van der Waals surface area contributed by atoms with Crippen molar-refractivity contribution >= 4 is 16.8 Å². The van der Waals surface area contributed by atoms with Gasteiger partial charge in [-0.3, -0.25) is 9.59 Å². The fourth-order valence-electron chi connectivity index (χ4n) is 2.81. The monoisotopic (exact) mass is 288 g/mol. The quantitative estimate of drug-likeness (QED) is 0.756. The number of carbonyl (C=O) groups excluding carboxylic acids is 1. The maximum atomic E-state index is 12.7. The van der Waals surface area contributed by atoms with Gasteiger partial charge in [-0.15, -0.1) is 0 Å². The normalized spacial score (nSPS) is 16.6. The van der Waals surface area contributed by atoms with Crippen molar-refractivity contribution in [2.24, 2.45) is 14.1 Å². The average Bonchev–Trinajstić information content (AvgIpc) is 2.81. The van der Waals surface area contributed by atoms with E-state index in [4.69, 9.17) is 0 Å². The molecule has 0 N–H and O–H groups in total. The van der Waals surface area contributed by atoms with Crippen molar-refractivity contribution in [2.75, 3.05) is 33.2 Å². The minimum atomic E-state index is -0.0690. The zero-order valence-corrected chi connectivity index (χ0v) is 12.7. The van der Waals surface area contributed by atoms with E-state index in [9.17, 15) is 9.59 Å². The summed E-state index contributed by atoms with van der Waals surface area (Å²) in [6.07, 6.45) is 1.73. The third kappa shape index (κ3) is 2.25. The van der Waals surface area contributed by atoms with Gasteiger partial charge >= 0.3 is 0 Å². The third-order valence-electron chi connectivity index (χ3n) is 4.30. The molecule has 1 fully saturated rings. The molecule has 3 heterocycles. The number of hydrogen-bond donors (Lipinski definition) is 0. The molecule has 0 spiro atoms. The topological polar surface area (TPSA) is 50.5 Å². The fraction of sp³-hybridized carbons (Fsp3) is 0.467. The van der Waals surface area contributed by atoms with Crippen molar-refractivity contribution in [3.8, 4) is 0 Å². The van der Waals surface area contributed by atoms with E-state index < -0.39 is 0 Å². The molecule has 1 saturated heterocycles. The highest BCUT2D eigenvalue weighted by atomic mass is 16.2. The first kappa shape index (κ1) is 13.9. The number of aromatic nitrogens is 2. The Hall–Kier alpha value is -2.08. The number of pyridine rings is 1. The molecule has 6 heteroatoms. The summed E-state index contributed by atoms with van der Waals surface area (Å²) in [5.74, 6) is 0.00357. The number of likely N-dealkylation sites (N-methyl/N-ethyl adjacent to an activating group) is 1. The summed E-state index contributed by atoms with van der Waals surface area (Å²) in [5, 5.41) is 0.597. The van der Waals surface area contributed by atoms with Crippen LogP contribution in [0.1, 0.15) is 10.5 Å². The Kier molecular flexibility index (Phi) is 3.33. The Morgan fingerprint density at radius 2 is 1.76 bits per heavy atom. The van der Waals surface area contributed by atoms with Gasteiger partial charge in [0.25, 0.3) is 11.5 Å². The SMILES string of the molecule is CN1CCN(C(=O)c2cc3c(=O)n(C)ccc3n2C)CC1. The highest BCUT2D eigenvalue weighted by Crippen LogP contribution is 2.17. The summed E-state index contributed by atoms with van der Waals surface area (Å²) in [5.41, 5.74) is 1.31. The lowest BCUT2D eigenvalue weighted by Gasteiger charge is -2.32. The smallest absolute Gasteiger partial charge is 0.270 e. The van der Waals surface area contributed by atoms with E-state index >= 15 is 0 Å². The van der Waals surface area contributed by atoms with Gasteiger partial charge in [0.2, 0.25) is 0 Å². The second kappa shape index (κ2) is 5.04. The molecule has 112 valence electrons. The summed E-state index contributed by atoms with van der Waals surface area (Å²) in [4.78, 5) is 28.9. The van der Waals surface area contributed by atoms with E-state index in [0.717, 1.165) is 31.7 Å². The van der Waals surface area contributed by atoms with Crippen LogP contribution >= 0.6 is 0 Å². The van der Waals surface area contributed by atoms with Gasteiger partial charge in [-0.2, -0.15) is 0 Å². The van der Waals surface area contributed by atoms with E-state index in [1.54, 1.807) is 19.3 Å². The number of nitrogens with zero attached hydrogens (tertiary/aromatic N) is 4. The molecule has 1 aliphatic rings. The van der Waals surface area contributed by atoms with Gasteiger partial charge in [0.05, 0.1) is 10.9 Å². The van der Waals surface area contributed by atoms with Crippen LogP contribution in [0.25, 0.3) is 10.9 Å². The third-order valence-corrected chi connectivity index (χ3v) is 4.30. The van der Waals surface area contributed by atoms with Gasteiger partial charge < -0.3 is 18.9 Å². The number of rotatable bonds is 1. The van der Waals surface area contributed by atoms with Crippen LogP contribution in [0.4, 0.5) is 0 Å². The van der Waals surface area contributed by atoms with E-state index in [2.05, 4.69) is 11.9 Å². The summed E-state index contributed by atoms with van der Waals surface area (Å²) < 4.78 is 3.35. The highest BCUT2D eigenvalue weighted by molar-refractivity contribution is 5.98. The predicted molar refractivity (Wildman–Crippen MR) is 81.6 cm³/mol. The summed E-state index contributed by atoms with van der Waals surface area (Å²) in [6, 6.07) is 3.59. The molecule has 0 radical (unpaired) electrons. The summed E-state index contributed by atoms with van der Waals surface area (Å²) in [6.45, 7) is 3.23. The lowest BCUT2D eigenvalue weighted by molar-refractivity contribution is 0.0655. The molecular formula is C15H20N4O2. The largest absolute Gasteiger partial charge is 0.339 e. The van der Waals surface area contributed by atoms with Gasteiger partial charge in [-0.05, 0) is 19.2 Å². The van der Waals surface area contributed by atoms with E-state index in [-0.39, 0.29) is 11.5 Å². The zero-order chi connectivity index (χ0) is 15.1. The van der Waals surface area contributed by atoms with Gasteiger partial charge in [-0.25, -0.2) is 0 Å². The fourth-order valence-corrected chi connectivity index (χ4v) is 2.81. The van der Waals surface area contributed by atoms with Gasteiger partial charge in [0.1, 0.15) is 5.69 Å². The Bertz CT molecular complexity index is 751. The Morgan fingerprint density at radius 3 is 2.43 bits per heavy atom. The van der Waals surface area contributed by atoms with E-state index in [1.807, 2.05) is 22.6 Å². The number of carbonyl (C=O) groups is 1. The van der Waals surface area contributed by atoms with Crippen LogP contribution in [0, 0.1) is 0 Å². The molecule has 0 aromatic carbocycles. The van der Waals surface area contributed by atoms with Crippen molar-refractivity contribution in [2.45, 2.75) is 0 Å². The Labute approximate surface area is 123 Å². The molecule has 1 aliphatic heterocycles. The van der Waals surface area contributed by atoms with Gasteiger partial charge in [0.15, 0.2) is 0 Å². The van der Waals surface area contributed by atoms with Crippen LogP contribution in [0.2, 0.25) is 0 Å².